The van der Waals surface area contributed by atoms with Crippen molar-refractivity contribution < 1.29 is 19.1 Å². The van der Waals surface area contributed by atoms with Gasteiger partial charge in [0, 0.05) is 4.47 Å². The Balaban J connectivity index is 1.43. The first-order valence-electron chi connectivity index (χ1n) is 9.78. The van der Waals surface area contributed by atoms with E-state index < -0.39 is 5.97 Å². The monoisotopic (exact) mass is 507 g/mol. The van der Waals surface area contributed by atoms with Gasteiger partial charge in [-0.2, -0.15) is 0 Å². The van der Waals surface area contributed by atoms with Gasteiger partial charge in [-0.15, -0.1) is 0 Å². The average Bonchev–Trinajstić information content (AvgIpc) is 3.03. The van der Waals surface area contributed by atoms with E-state index in [1.807, 2.05) is 31.2 Å². The highest BCUT2D eigenvalue weighted by Gasteiger charge is 2.34. The van der Waals surface area contributed by atoms with Crippen molar-refractivity contribution in [3.8, 4) is 5.75 Å². The number of rotatable bonds is 5. The molecule has 0 aliphatic carbocycles. The molecule has 0 atom stereocenters. The van der Waals surface area contributed by atoms with Crippen molar-refractivity contribution in [2.45, 2.75) is 13.5 Å². The maximum absolute atomic E-state index is 12.7. The maximum atomic E-state index is 12.7. The lowest BCUT2D eigenvalue weighted by Gasteiger charge is -2.12. The van der Waals surface area contributed by atoms with Gasteiger partial charge in [-0.1, -0.05) is 57.9 Å². The molecule has 4 rings (SSSR count). The van der Waals surface area contributed by atoms with Crippen LogP contribution in [-0.2, 0) is 11.3 Å². The molecule has 0 bridgehead atoms. The standard InChI is InChI=1S/C25H18BrNO4S/c1-16-3-2-4-18(13-16)15-27-23(28)22(32-25(27)30)14-17-5-11-21(12-6-17)31-24(29)19-7-9-20(26)10-8-19/h2-14H,15H2,1H3/b22-14-. The SMILES string of the molecule is Cc1cccc(CN2C(=O)S/C(=C\c3ccc(OC(=O)c4ccc(Br)cc4)cc3)C2=O)c1. The number of amides is 2. The first kappa shape index (κ1) is 22.0. The molecule has 0 spiro atoms. The average molecular weight is 508 g/mol. The van der Waals surface area contributed by atoms with Crippen LogP contribution in [0.25, 0.3) is 6.08 Å². The smallest absolute Gasteiger partial charge is 0.343 e. The summed E-state index contributed by atoms with van der Waals surface area (Å²) >= 11 is 4.25. The fourth-order valence-corrected chi connectivity index (χ4v) is 4.27. The zero-order valence-electron chi connectivity index (χ0n) is 17.1. The van der Waals surface area contributed by atoms with Crippen molar-refractivity contribution in [1.29, 1.82) is 0 Å². The van der Waals surface area contributed by atoms with Crippen LogP contribution >= 0.6 is 27.7 Å². The summed E-state index contributed by atoms with van der Waals surface area (Å²) in [7, 11) is 0. The molecule has 5 nitrogen and oxygen atoms in total. The fraction of sp³-hybridized carbons (Fsp3) is 0.0800. The Morgan fingerprint density at radius 3 is 2.44 bits per heavy atom. The minimum absolute atomic E-state index is 0.245. The second kappa shape index (κ2) is 9.54. The van der Waals surface area contributed by atoms with Crippen LogP contribution < -0.4 is 4.74 Å². The number of hydrogen-bond acceptors (Lipinski definition) is 5. The lowest BCUT2D eigenvalue weighted by atomic mass is 10.1. The highest BCUT2D eigenvalue weighted by atomic mass is 79.9. The molecule has 32 heavy (non-hydrogen) atoms. The molecular weight excluding hydrogens is 490 g/mol. The Hall–Kier alpha value is -3.16. The van der Waals surface area contributed by atoms with E-state index in [4.69, 9.17) is 4.74 Å². The molecule has 3 aromatic carbocycles. The van der Waals surface area contributed by atoms with Crippen LogP contribution in [0.15, 0.2) is 82.2 Å². The van der Waals surface area contributed by atoms with Crippen LogP contribution in [0.2, 0.25) is 0 Å². The minimum atomic E-state index is -0.456. The summed E-state index contributed by atoms with van der Waals surface area (Å²) in [4.78, 5) is 39.0. The fourth-order valence-electron chi connectivity index (χ4n) is 3.16. The molecule has 7 heteroatoms. The molecule has 3 aromatic rings. The molecule has 160 valence electrons. The van der Waals surface area contributed by atoms with Crippen LogP contribution in [0.5, 0.6) is 5.75 Å². The van der Waals surface area contributed by atoms with E-state index >= 15 is 0 Å². The first-order chi connectivity index (χ1) is 15.4. The second-order valence-electron chi connectivity index (χ2n) is 7.22. The number of benzene rings is 3. The number of aryl methyl sites for hydroxylation is 1. The number of nitrogens with zero attached hydrogens (tertiary/aromatic N) is 1. The van der Waals surface area contributed by atoms with Crippen LogP contribution in [0.4, 0.5) is 4.79 Å². The van der Waals surface area contributed by atoms with Gasteiger partial charge in [-0.25, -0.2) is 4.79 Å². The number of hydrogen-bond donors (Lipinski definition) is 0. The highest BCUT2D eigenvalue weighted by Crippen LogP contribution is 2.33. The Kier molecular flexibility index (Phi) is 6.58. The molecule has 1 fully saturated rings. The summed E-state index contributed by atoms with van der Waals surface area (Å²) in [6.07, 6.45) is 1.67. The van der Waals surface area contributed by atoms with Crippen molar-refractivity contribution >= 4 is 50.9 Å². The molecule has 2 amide bonds. The number of carbonyl (C=O) groups excluding carboxylic acids is 3. The molecule has 1 aliphatic heterocycles. The summed E-state index contributed by atoms with van der Waals surface area (Å²) in [5.74, 6) is -0.377. The molecule has 1 saturated heterocycles. The van der Waals surface area contributed by atoms with E-state index in [1.165, 1.54) is 4.90 Å². The number of carbonyl (C=O) groups is 3. The van der Waals surface area contributed by atoms with Crippen LogP contribution in [0, 0.1) is 6.92 Å². The van der Waals surface area contributed by atoms with Crippen molar-refractivity contribution in [2.24, 2.45) is 0 Å². The van der Waals surface area contributed by atoms with Crippen molar-refractivity contribution in [1.82, 2.24) is 4.90 Å². The lowest BCUT2D eigenvalue weighted by molar-refractivity contribution is -0.123. The Labute approximate surface area is 198 Å². The molecular formula is C25H18BrNO4S. The van der Waals surface area contributed by atoms with Gasteiger partial charge in [0.1, 0.15) is 5.75 Å². The molecule has 0 unspecified atom stereocenters. The van der Waals surface area contributed by atoms with E-state index in [0.29, 0.717) is 16.2 Å². The summed E-state index contributed by atoms with van der Waals surface area (Å²) in [5, 5.41) is -0.289. The molecule has 1 heterocycles. The van der Waals surface area contributed by atoms with Gasteiger partial charge in [0.2, 0.25) is 0 Å². The number of halogens is 1. The zero-order valence-corrected chi connectivity index (χ0v) is 19.5. The van der Waals surface area contributed by atoms with Gasteiger partial charge >= 0.3 is 5.97 Å². The van der Waals surface area contributed by atoms with Crippen molar-refractivity contribution in [2.75, 3.05) is 0 Å². The van der Waals surface area contributed by atoms with E-state index in [1.54, 1.807) is 54.6 Å². The lowest BCUT2D eigenvalue weighted by Crippen LogP contribution is -2.27. The Bertz CT molecular complexity index is 1220. The largest absolute Gasteiger partial charge is 0.423 e. The van der Waals surface area contributed by atoms with Gasteiger partial charge in [0.15, 0.2) is 0 Å². The van der Waals surface area contributed by atoms with Crippen LogP contribution in [0.1, 0.15) is 27.0 Å². The number of imide groups is 1. The van der Waals surface area contributed by atoms with E-state index in [-0.39, 0.29) is 17.7 Å². The highest BCUT2D eigenvalue weighted by molar-refractivity contribution is 9.10. The first-order valence-corrected chi connectivity index (χ1v) is 11.4. The Morgan fingerprint density at radius 1 is 1.03 bits per heavy atom. The van der Waals surface area contributed by atoms with Gasteiger partial charge in [-0.05, 0) is 72.3 Å². The summed E-state index contributed by atoms with van der Waals surface area (Å²) in [6, 6.07) is 21.4. The van der Waals surface area contributed by atoms with Gasteiger partial charge in [0.25, 0.3) is 11.1 Å². The zero-order chi connectivity index (χ0) is 22.7. The molecule has 0 N–H and O–H groups in total. The molecule has 0 saturated carbocycles. The molecule has 1 aliphatic rings. The van der Waals surface area contributed by atoms with E-state index in [9.17, 15) is 14.4 Å². The number of thioether (sulfide) groups is 1. The van der Waals surface area contributed by atoms with E-state index in [2.05, 4.69) is 15.9 Å². The van der Waals surface area contributed by atoms with Crippen molar-refractivity contribution in [3.05, 3.63) is 104 Å². The van der Waals surface area contributed by atoms with E-state index in [0.717, 1.165) is 32.9 Å². The Morgan fingerprint density at radius 2 is 1.75 bits per heavy atom. The summed E-state index contributed by atoms with van der Waals surface area (Å²) in [5.41, 5.74) is 3.16. The predicted octanol–water partition coefficient (Wildman–Crippen LogP) is 6.21. The number of esters is 1. The third-order valence-electron chi connectivity index (χ3n) is 4.77. The van der Waals surface area contributed by atoms with Gasteiger partial charge in [-0.3, -0.25) is 14.5 Å². The number of ether oxygens (including phenoxy) is 1. The minimum Gasteiger partial charge on any atom is -0.423 e. The maximum Gasteiger partial charge on any atom is 0.343 e. The molecule has 0 radical (unpaired) electrons. The van der Waals surface area contributed by atoms with Gasteiger partial charge < -0.3 is 4.74 Å². The third kappa shape index (κ3) is 5.18. The van der Waals surface area contributed by atoms with Crippen molar-refractivity contribution in [3.63, 3.8) is 0 Å². The molecule has 0 aromatic heterocycles. The van der Waals surface area contributed by atoms with Crippen LogP contribution in [-0.4, -0.2) is 22.0 Å². The topological polar surface area (TPSA) is 63.7 Å². The summed E-state index contributed by atoms with van der Waals surface area (Å²) in [6.45, 7) is 2.21. The van der Waals surface area contributed by atoms with Gasteiger partial charge in [0.05, 0.1) is 17.0 Å². The normalized spacial score (nSPS) is 14.8. The second-order valence-corrected chi connectivity index (χ2v) is 9.13. The summed E-state index contributed by atoms with van der Waals surface area (Å²) < 4.78 is 6.26. The predicted molar refractivity (Wildman–Crippen MR) is 128 cm³/mol. The third-order valence-corrected chi connectivity index (χ3v) is 6.20. The van der Waals surface area contributed by atoms with Crippen LogP contribution in [0.3, 0.4) is 0 Å². The quantitative estimate of drug-likeness (QED) is 0.233.